The summed E-state index contributed by atoms with van der Waals surface area (Å²) < 4.78 is 124. The van der Waals surface area contributed by atoms with Crippen molar-refractivity contribution < 1.29 is 49.0 Å². The molecule has 0 aliphatic heterocycles. The molecule has 4 rings (SSSR count). The first kappa shape index (κ1) is 34.3. The molecule has 0 aliphatic rings. The number of rotatable bonds is 11. The Labute approximate surface area is 255 Å². The number of halogens is 9. The molecule has 0 saturated heterocycles. The number of ether oxygens (including phenoxy) is 1. The fraction of sp³-hybridized carbons (Fsp3) is 0.267. The predicted octanol–water partition coefficient (Wildman–Crippen LogP) is 6.69. The Morgan fingerprint density at radius 1 is 0.761 bits per heavy atom. The first-order chi connectivity index (χ1) is 21.6. The van der Waals surface area contributed by atoms with Crippen LogP contribution in [0.25, 0.3) is 11.3 Å². The molecule has 3 aromatic heterocycles. The number of esters is 1. The highest BCUT2D eigenvalue weighted by molar-refractivity contribution is 5.76. The molecule has 0 unspecified atom stereocenters. The molecule has 0 saturated carbocycles. The van der Waals surface area contributed by atoms with Gasteiger partial charge >= 0.3 is 24.5 Å². The molecule has 16 heteroatoms. The molecule has 0 aliphatic carbocycles. The quantitative estimate of drug-likeness (QED) is 0.106. The highest BCUT2D eigenvalue weighted by atomic mass is 19.4. The molecular weight excluding hydrogens is 633 g/mol. The van der Waals surface area contributed by atoms with E-state index in [1.165, 1.54) is 0 Å². The van der Waals surface area contributed by atoms with Crippen LogP contribution in [0.1, 0.15) is 40.4 Å². The van der Waals surface area contributed by atoms with Crippen molar-refractivity contribution in [2.45, 2.75) is 30.7 Å². The van der Waals surface area contributed by atoms with Gasteiger partial charge in [0.05, 0.1) is 28.7 Å². The molecule has 46 heavy (non-hydrogen) atoms. The molecular formula is C30H24F9N5O2. The maximum atomic E-state index is 13.8. The van der Waals surface area contributed by atoms with Crippen molar-refractivity contribution in [3.63, 3.8) is 0 Å². The summed E-state index contributed by atoms with van der Waals surface area (Å²) in [5.41, 5.74) is -2.60. The molecule has 4 aromatic rings. The van der Waals surface area contributed by atoms with Crippen LogP contribution in [0.4, 0.5) is 39.5 Å². The van der Waals surface area contributed by atoms with E-state index in [-0.39, 0.29) is 18.7 Å². The second-order valence-corrected chi connectivity index (χ2v) is 9.74. The highest BCUT2D eigenvalue weighted by Gasteiger charge is 2.43. The lowest BCUT2D eigenvalue weighted by molar-refractivity contribution is -0.205. The van der Waals surface area contributed by atoms with Crippen molar-refractivity contribution in [1.82, 2.24) is 25.6 Å². The average Bonchev–Trinajstić information content (AvgIpc) is 3.01. The third-order valence-electron chi connectivity index (χ3n) is 6.45. The van der Waals surface area contributed by atoms with Gasteiger partial charge in [-0.3, -0.25) is 9.97 Å². The van der Waals surface area contributed by atoms with Crippen molar-refractivity contribution >= 4 is 5.97 Å². The normalized spacial score (nSPS) is 13.1. The number of hydrogen-bond acceptors (Lipinski definition) is 7. The highest BCUT2D eigenvalue weighted by Crippen LogP contribution is 2.35. The topological polar surface area (TPSA) is 89.0 Å². The van der Waals surface area contributed by atoms with Crippen LogP contribution < -0.4 is 10.6 Å². The Balaban J connectivity index is 1.57. The van der Waals surface area contributed by atoms with Crippen LogP contribution in [0.3, 0.4) is 0 Å². The van der Waals surface area contributed by atoms with Gasteiger partial charge in [0.15, 0.2) is 0 Å². The predicted molar refractivity (Wildman–Crippen MR) is 146 cm³/mol. The van der Waals surface area contributed by atoms with Crippen LogP contribution in [-0.2, 0) is 21.9 Å². The zero-order chi connectivity index (χ0) is 33.5. The van der Waals surface area contributed by atoms with E-state index >= 15 is 0 Å². The minimum Gasteiger partial charge on any atom is -0.449 e. The lowest BCUT2D eigenvalue weighted by Gasteiger charge is -2.22. The number of nitrogens with zero attached hydrogens (tertiary/aromatic N) is 3. The summed E-state index contributed by atoms with van der Waals surface area (Å²) >= 11 is 0. The number of nitrogens with one attached hydrogen (secondary N) is 2. The minimum atomic E-state index is -5.46. The smallest absolute Gasteiger partial charge is 0.449 e. The van der Waals surface area contributed by atoms with Gasteiger partial charge in [-0.15, -0.1) is 0 Å². The van der Waals surface area contributed by atoms with Crippen molar-refractivity contribution in [3.05, 3.63) is 113 Å². The molecule has 1 atom stereocenters. The van der Waals surface area contributed by atoms with Gasteiger partial charge in [0, 0.05) is 37.6 Å². The average molecular weight is 658 g/mol. The van der Waals surface area contributed by atoms with E-state index < -0.39 is 65.7 Å². The summed E-state index contributed by atoms with van der Waals surface area (Å²) in [6.45, 7) is -0.354. The summed E-state index contributed by atoms with van der Waals surface area (Å²) in [5, 5.41) is 5.96. The van der Waals surface area contributed by atoms with Crippen LogP contribution in [0.15, 0.2) is 85.2 Å². The third kappa shape index (κ3) is 9.23. The van der Waals surface area contributed by atoms with Gasteiger partial charge in [0.1, 0.15) is 11.8 Å². The molecule has 7 nitrogen and oxygen atoms in total. The zero-order valence-electron chi connectivity index (χ0n) is 23.4. The van der Waals surface area contributed by atoms with Crippen LogP contribution in [0, 0.1) is 0 Å². The fourth-order valence-electron chi connectivity index (χ4n) is 4.28. The summed E-state index contributed by atoms with van der Waals surface area (Å²) in [7, 11) is 0. The molecule has 0 spiro atoms. The molecule has 1 aromatic carbocycles. The molecule has 244 valence electrons. The van der Waals surface area contributed by atoms with Crippen molar-refractivity contribution in [2.24, 2.45) is 0 Å². The van der Waals surface area contributed by atoms with Gasteiger partial charge in [-0.2, -0.15) is 39.5 Å². The van der Waals surface area contributed by atoms with Crippen LogP contribution in [-0.4, -0.2) is 46.7 Å². The lowest BCUT2D eigenvalue weighted by Crippen LogP contribution is -2.35. The Hall–Kier alpha value is -4.57. The van der Waals surface area contributed by atoms with E-state index in [2.05, 4.69) is 30.3 Å². The summed E-state index contributed by atoms with van der Waals surface area (Å²) in [6, 6.07) is 14.3. The van der Waals surface area contributed by atoms with Gasteiger partial charge in [0.2, 0.25) is 0 Å². The number of pyridine rings is 3. The lowest BCUT2D eigenvalue weighted by atomic mass is 10.0. The van der Waals surface area contributed by atoms with Gasteiger partial charge in [-0.25, -0.2) is 9.78 Å². The molecule has 3 heterocycles. The van der Waals surface area contributed by atoms with Crippen molar-refractivity contribution in [3.8, 4) is 11.3 Å². The third-order valence-corrected chi connectivity index (χ3v) is 6.45. The second kappa shape index (κ2) is 14.2. The molecule has 2 N–H and O–H groups in total. The molecule has 0 bridgehead atoms. The van der Waals surface area contributed by atoms with Crippen LogP contribution in [0.2, 0.25) is 0 Å². The van der Waals surface area contributed by atoms with Gasteiger partial charge in [-0.1, -0.05) is 24.3 Å². The minimum absolute atomic E-state index is 0.0409. The molecule has 0 fully saturated rings. The van der Waals surface area contributed by atoms with Gasteiger partial charge < -0.3 is 15.4 Å². The SMILES string of the molecule is O=C(O[C@@H](CNCCNC(c1ccccn1)c1ccccn1)c1cc(-c2ccc(C(F)(F)F)cc2)nc(C(F)(F)F)c1)C(F)(F)F. The van der Waals surface area contributed by atoms with E-state index in [9.17, 15) is 44.3 Å². The van der Waals surface area contributed by atoms with Crippen molar-refractivity contribution in [1.29, 1.82) is 0 Å². The van der Waals surface area contributed by atoms with Gasteiger partial charge in [-0.05, 0) is 54.1 Å². The first-order valence-electron chi connectivity index (χ1n) is 13.4. The second-order valence-electron chi connectivity index (χ2n) is 9.74. The largest absolute Gasteiger partial charge is 0.490 e. The van der Waals surface area contributed by atoms with Crippen LogP contribution in [0.5, 0.6) is 0 Å². The number of benzene rings is 1. The van der Waals surface area contributed by atoms with E-state index in [1.54, 1.807) is 48.8 Å². The van der Waals surface area contributed by atoms with Crippen molar-refractivity contribution in [2.75, 3.05) is 19.6 Å². The number of carbonyl (C=O) groups excluding carboxylic acids is 1. The number of hydrogen-bond donors (Lipinski definition) is 2. The van der Waals surface area contributed by atoms with E-state index in [1.807, 2.05) is 0 Å². The molecule has 0 amide bonds. The molecule has 0 radical (unpaired) electrons. The number of alkyl halides is 9. The number of carbonyl (C=O) groups is 1. The summed E-state index contributed by atoms with van der Waals surface area (Å²) in [4.78, 5) is 23.8. The first-order valence-corrected chi connectivity index (χ1v) is 13.4. The Morgan fingerprint density at radius 2 is 1.37 bits per heavy atom. The maximum absolute atomic E-state index is 13.8. The number of aromatic nitrogens is 3. The maximum Gasteiger partial charge on any atom is 0.490 e. The van der Waals surface area contributed by atoms with E-state index in [4.69, 9.17) is 0 Å². The Kier molecular flexibility index (Phi) is 10.6. The Bertz CT molecular complexity index is 1540. The fourth-order valence-corrected chi connectivity index (χ4v) is 4.28. The van der Waals surface area contributed by atoms with Gasteiger partial charge in [0.25, 0.3) is 0 Å². The Morgan fingerprint density at radius 3 is 1.87 bits per heavy atom. The van der Waals surface area contributed by atoms with Crippen LogP contribution >= 0.6 is 0 Å². The summed E-state index contributed by atoms with van der Waals surface area (Å²) in [5.74, 6) is -2.65. The monoisotopic (exact) mass is 657 g/mol. The zero-order valence-corrected chi connectivity index (χ0v) is 23.4. The van der Waals surface area contributed by atoms with E-state index in [0.29, 0.717) is 29.6 Å². The standard InChI is InChI=1S/C30H24F9N5O2/c31-28(32,33)20-9-7-18(8-10-20)23-15-19(16-25(44-23)29(34,35)36)24(46-27(45)30(37,38)39)17-40-13-14-43-26(21-5-1-3-11-41-21)22-6-2-4-12-42-22/h1-12,15-16,24,26,40,43H,13-14,17H2/t24-/m0/s1. The van der Waals surface area contributed by atoms with E-state index in [0.717, 1.165) is 18.2 Å². The summed E-state index contributed by atoms with van der Waals surface area (Å²) in [6.07, 6.45) is -14.0.